The molecule has 3 unspecified atom stereocenters. The van der Waals surface area contributed by atoms with E-state index in [-0.39, 0.29) is 10.7 Å². The van der Waals surface area contributed by atoms with Crippen molar-refractivity contribution in [3.63, 3.8) is 0 Å². The molecule has 108 valence electrons. The molecule has 0 aliphatic heterocycles. The number of nitro groups is 1. The summed E-state index contributed by atoms with van der Waals surface area (Å²) in [7, 11) is 0. The van der Waals surface area contributed by atoms with Crippen LogP contribution in [0.5, 0.6) is 0 Å². The average molecular weight is 315 g/mol. The van der Waals surface area contributed by atoms with Crippen LogP contribution in [-0.4, -0.2) is 11.5 Å². The summed E-state index contributed by atoms with van der Waals surface area (Å²) in [4.78, 5) is 10.6. The maximum Gasteiger partial charge on any atom is 0.293 e. The van der Waals surface area contributed by atoms with Crippen LogP contribution >= 0.6 is 23.2 Å². The molecule has 2 fully saturated rings. The molecule has 3 rings (SSSR count). The Kier molecular flexibility index (Phi) is 3.78. The lowest BCUT2D eigenvalue weighted by atomic mass is 9.89. The zero-order chi connectivity index (χ0) is 14.3. The first-order chi connectivity index (χ1) is 9.54. The highest BCUT2D eigenvalue weighted by Crippen LogP contribution is 2.48. The van der Waals surface area contributed by atoms with Gasteiger partial charge in [0.1, 0.15) is 5.69 Å². The molecule has 2 saturated carbocycles. The third-order valence-electron chi connectivity index (χ3n) is 4.67. The van der Waals surface area contributed by atoms with Gasteiger partial charge in [-0.15, -0.1) is 0 Å². The van der Waals surface area contributed by atoms with Crippen LogP contribution in [0.1, 0.15) is 25.7 Å². The molecule has 3 atom stereocenters. The highest BCUT2D eigenvalue weighted by Gasteiger charge is 2.39. The number of hydrogen-bond acceptors (Lipinski definition) is 3. The van der Waals surface area contributed by atoms with Gasteiger partial charge in [0, 0.05) is 12.6 Å². The van der Waals surface area contributed by atoms with Crippen molar-refractivity contribution in [2.24, 2.45) is 17.8 Å². The van der Waals surface area contributed by atoms with E-state index in [1.807, 2.05) is 0 Å². The van der Waals surface area contributed by atoms with Crippen LogP contribution in [0.2, 0.25) is 10.0 Å². The lowest BCUT2D eigenvalue weighted by molar-refractivity contribution is -0.383. The minimum Gasteiger partial charge on any atom is -0.379 e. The molecule has 4 nitrogen and oxygen atoms in total. The van der Waals surface area contributed by atoms with Crippen molar-refractivity contribution in [2.45, 2.75) is 25.7 Å². The molecule has 2 aliphatic rings. The van der Waals surface area contributed by atoms with Crippen molar-refractivity contribution < 1.29 is 4.92 Å². The number of nitro benzene ring substituents is 1. The maximum absolute atomic E-state index is 11.1. The van der Waals surface area contributed by atoms with Crippen molar-refractivity contribution >= 4 is 34.6 Å². The van der Waals surface area contributed by atoms with E-state index in [1.165, 1.54) is 31.7 Å². The molecule has 20 heavy (non-hydrogen) atoms. The van der Waals surface area contributed by atoms with Gasteiger partial charge >= 0.3 is 0 Å². The molecular formula is C14H16Cl2N2O2. The summed E-state index contributed by atoms with van der Waals surface area (Å²) >= 11 is 11.8. The number of fused-ring (bicyclic) bond motifs is 2. The predicted molar refractivity (Wildman–Crippen MR) is 80.5 cm³/mol. The number of halogens is 2. The molecule has 0 saturated heterocycles. The van der Waals surface area contributed by atoms with E-state index in [1.54, 1.807) is 6.07 Å². The first-order valence-corrected chi connectivity index (χ1v) is 7.67. The van der Waals surface area contributed by atoms with Crippen LogP contribution in [0.25, 0.3) is 0 Å². The van der Waals surface area contributed by atoms with Crippen LogP contribution in [0.15, 0.2) is 12.1 Å². The van der Waals surface area contributed by atoms with Gasteiger partial charge in [0.15, 0.2) is 0 Å². The Morgan fingerprint density at radius 2 is 2.00 bits per heavy atom. The molecular weight excluding hydrogens is 299 g/mol. The van der Waals surface area contributed by atoms with Crippen molar-refractivity contribution in [3.05, 3.63) is 32.3 Å². The summed E-state index contributed by atoms with van der Waals surface area (Å²) in [5, 5.41) is 14.8. The van der Waals surface area contributed by atoms with Crippen LogP contribution in [-0.2, 0) is 0 Å². The molecule has 2 bridgehead atoms. The molecule has 0 spiro atoms. The van der Waals surface area contributed by atoms with Gasteiger partial charge in [0.05, 0.1) is 15.0 Å². The largest absolute Gasteiger partial charge is 0.379 e. The average Bonchev–Trinajstić information content (AvgIpc) is 3.01. The second-order valence-corrected chi connectivity index (χ2v) is 6.67. The third kappa shape index (κ3) is 2.59. The minimum absolute atomic E-state index is 0.0115. The van der Waals surface area contributed by atoms with E-state index in [9.17, 15) is 10.1 Å². The van der Waals surface area contributed by atoms with E-state index in [0.29, 0.717) is 16.6 Å². The topological polar surface area (TPSA) is 55.2 Å². The number of nitrogens with one attached hydrogen (secondary N) is 1. The summed E-state index contributed by atoms with van der Waals surface area (Å²) < 4.78 is 0. The quantitative estimate of drug-likeness (QED) is 0.644. The molecule has 0 amide bonds. The van der Waals surface area contributed by atoms with Gasteiger partial charge in [-0.1, -0.05) is 29.6 Å². The van der Waals surface area contributed by atoms with Crippen LogP contribution < -0.4 is 5.32 Å². The molecule has 2 aliphatic carbocycles. The van der Waals surface area contributed by atoms with Crippen LogP contribution in [0, 0.1) is 27.9 Å². The lowest BCUT2D eigenvalue weighted by Gasteiger charge is -2.22. The molecule has 1 N–H and O–H groups in total. The van der Waals surface area contributed by atoms with Crippen LogP contribution in [0.4, 0.5) is 11.4 Å². The number of rotatable bonds is 4. The first-order valence-electron chi connectivity index (χ1n) is 6.92. The normalized spacial score (nSPS) is 27.8. The zero-order valence-electron chi connectivity index (χ0n) is 10.9. The number of anilines is 1. The van der Waals surface area contributed by atoms with E-state index >= 15 is 0 Å². The molecule has 6 heteroatoms. The van der Waals surface area contributed by atoms with Crippen molar-refractivity contribution in [1.82, 2.24) is 0 Å². The van der Waals surface area contributed by atoms with Gasteiger partial charge in [0.25, 0.3) is 5.69 Å². The third-order valence-corrected chi connectivity index (χ3v) is 5.40. The Hall–Kier alpha value is -1.00. The fraction of sp³-hybridized carbons (Fsp3) is 0.571. The summed E-state index contributed by atoms with van der Waals surface area (Å²) in [5.41, 5.74) is 0.453. The SMILES string of the molecule is O=[N+]([O-])c1cc(Cl)c(Cl)cc1NCC1CC2CCC1C2. The van der Waals surface area contributed by atoms with Gasteiger partial charge < -0.3 is 5.32 Å². The summed E-state index contributed by atoms with van der Waals surface area (Å²) in [6.07, 6.45) is 5.23. The second-order valence-electron chi connectivity index (χ2n) is 5.86. The molecule has 1 aromatic carbocycles. The molecule has 0 aromatic heterocycles. The summed E-state index contributed by atoms with van der Waals surface area (Å²) in [5.74, 6) is 2.28. The predicted octanol–water partition coefficient (Wildman–Crippen LogP) is 4.75. The van der Waals surface area contributed by atoms with E-state index in [2.05, 4.69) is 5.32 Å². The fourth-order valence-electron chi connectivity index (χ4n) is 3.70. The van der Waals surface area contributed by atoms with Crippen LogP contribution in [0.3, 0.4) is 0 Å². The standard InChI is InChI=1S/C14H16Cl2N2O2/c15-11-5-13(14(18(19)20)6-12(11)16)17-7-10-4-8-1-2-9(10)3-8/h5-6,8-10,17H,1-4,7H2. The second kappa shape index (κ2) is 5.41. The van der Waals surface area contributed by atoms with Crippen molar-refractivity contribution in [3.8, 4) is 0 Å². The van der Waals surface area contributed by atoms with Gasteiger partial charge in [0.2, 0.25) is 0 Å². The Morgan fingerprint density at radius 1 is 1.25 bits per heavy atom. The maximum atomic E-state index is 11.1. The van der Waals surface area contributed by atoms with Gasteiger partial charge in [-0.3, -0.25) is 10.1 Å². The van der Waals surface area contributed by atoms with Gasteiger partial charge in [-0.2, -0.15) is 0 Å². The monoisotopic (exact) mass is 314 g/mol. The van der Waals surface area contributed by atoms with Crippen molar-refractivity contribution in [2.75, 3.05) is 11.9 Å². The van der Waals surface area contributed by atoms with E-state index in [0.717, 1.165) is 18.4 Å². The number of nitrogens with zero attached hydrogens (tertiary/aromatic N) is 1. The smallest absolute Gasteiger partial charge is 0.293 e. The minimum atomic E-state index is -0.425. The van der Waals surface area contributed by atoms with Crippen molar-refractivity contribution in [1.29, 1.82) is 0 Å². The summed E-state index contributed by atoms with van der Waals surface area (Å²) in [6.45, 7) is 0.778. The number of benzene rings is 1. The summed E-state index contributed by atoms with van der Waals surface area (Å²) in [6, 6.07) is 2.86. The van der Waals surface area contributed by atoms with Gasteiger partial charge in [-0.05, 0) is 43.1 Å². The first kappa shape index (κ1) is 14.0. The fourth-order valence-corrected chi connectivity index (χ4v) is 4.02. The molecule has 1 aromatic rings. The van der Waals surface area contributed by atoms with Gasteiger partial charge in [-0.25, -0.2) is 0 Å². The highest BCUT2D eigenvalue weighted by atomic mass is 35.5. The Bertz CT molecular complexity index is 550. The Balaban J connectivity index is 1.73. The van der Waals surface area contributed by atoms with E-state index < -0.39 is 4.92 Å². The zero-order valence-corrected chi connectivity index (χ0v) is 12.5. The lowest BCUT2D eigenvalue weighted by Crippen LogP contribution is -2.20. The highest BCUT2D eigenvalue weighted by molar-refractivity contribution is 6.42. The molecule has 0 heterocycles. The Morgan fingerprint density at radius 3 is 2.60 bits per heavy atom. The van der Waals surface area contributed by atoms with E-state index in [4.69, 9.17) is 23.2 Å². The number of hydrogen-bond donors (Lipinski definition) is 1. The Labute approximate surface area is 127 Å². The molecule has 0 radical (unpaired) electrons.